The smallest absolute Gasteiger partial charge is 0.251 e. The number of carbonyl (C=O) groups is 3. The van der Waals surface area contributed by atoms with Crippen molar-refractivity contribution >= 4 is 23.4 Å². The predicted octanol–water partition coefficient (Wildman–Crippen LogP) is 4.06. The quantitative estimate of drug-likeness (QED) is 0.466. The molecule has 3 N–H and O–H groups in total. The van der Waals surface area contributed by atoms with E-state index >= 15 is 0 Å². The number of carbonyl (C=O) groups excluding carboxylic acids is 3. The highest BCUT2D eigenvalue weighted by Gasteiger charge is 2.32. The molecule has 0 spiro atoms. The Balaban J connectivity index is 1.32. The van der Waals surface area contributed by atoms with Crippen LogP contribution in [-0.4, -0.2) is 30.8 Å². The van der Waals surface area contributed by atoms with Crippen LogP contribution in [0.15, 0.2) is 72.8 Å². The van der Waals surface area contributed by atoms with Gasteiger partial charge in [-0.2, -0.15) is 0 Å². The molecule has 7 heteroatoms. The zero-order valence-electron chi connectivity index (χ0n) is 19.1. The number of para-hydroxylation sites is 2. The van der Waals surface area contributed by atoms with Gasteiger partial charge in [0.05, 0.1) is 5.92 Å². The highest BCUT2D eigenvalue weighted by Crippen LogP contribution is 2.43. The molecule has 174 valence electrons. The number of rotatable bonds is 7. The van der Waals surface area contributed by atoms with Gasteiger partial charge in [0.2, 0.25) is 11.8 Å². The molecule has 3 aromatic carbocycles. The van der Waals surface area contributed by atoms with E-state index in [-0.39, 0.29) is 36.7 Å². The number of nitrogens with one attached hydrogen (secondary N) is 3. The maximum absolute atomic E-state index is 13.1. The van der Waals surface area contributed by atoms with Gasteiger partial charge in [-0.3, -0.25) is 14.4 Å². The lowest BCUT2D eigenvalue weighted by atomic mass is 9.87. The SMILES string of the molecule is CC(C)C(=O)Nc1ccc(C(=O)NCCNC(=O)C2c3ccccc3Oc3ccccc32)cc1. The number of hydrogen-bond donors (Lipinski definition) is 3. The summed E-state index contributed by atoms with van der Waals surface area (Å²) in [6, 6.07) is 21.7. The summed E-state index contributed by atoms with van der Waals surface area (Å²) in [6.07, 6.45) is 0. The zero-order chi connectivity index (χ0) is 24.1. The van der Waals surface area contributed by atoms with Gasteiger partial charge in [0.25, 0.3) is 5.91 Å². The van der Waals surface area contributed by atoms with E-state index in [0.29, 0.717) is 22.7 Å². The van der Waals surface area contributed by atoms with Crippen molar-refractivity contribution in [3.05, 3.63) is 89.5 Å². The molecule has 7 nitrogen and oxygen atoms in total. The first kappa shape index (κ1) is 23.0. The molecule has 0 bridgehead atoms. The van der Waals surface area contributed by atoms with Crippen molar-refractivity contribution in [2.45, 2.75) is 19.8 Å². The molecule has 0 saturated carbocycles. The van der Waals surface area contributed by atoms with Crippen molar-refractivity contribution < 1.29 is 19.1 Å². The number of fused-ring (bicyclic) bond motifs is 2. The van der Waals surface area contributed by atoms with Crippen LogP contribution in [0.2, 0.25) is 0 Å². The van der Waals surface area contributed by atoms with Crippen molar-refractivity contribution in [1.82, 2.24) is 10.6 Å². The third-order valence-electron chi connectivity index (χ3n) is 5.59. The van der Waals surface area contributed by atoms with Gasteiger partial charge in [0, 0.05) is 41.4 Å². The third-order valence-corrected chi connectivity index (χ3v) is 5.59. The Morgan fingerprint density at radius 2 is 1.35 bits per heavy atom. The lowest BCUT2D eigenvalue weighted by molar-refractivity contribution is -0.122. The summed E-state index contributed by atoms with van der Waals surface area (Å²) in [7, 11) is 0. The monoisotopic (exact) mass is 457 g/mol. The van der Waals surface area contributed by atoms with Crippen LogP contribution < -0.4 is 20.7 Å². The number of amides is 3. The Bertz CT molecular complexity index is 1160. The van der Waals surface area contributed by atoms with Crippen LogP contribution in [0.3, 0.4) is 0 Å². The van der Waals surface area contributed by atoms with Crippen molar-refractivity contribution in [2.75, 3.05) is 18.4 Å². The van der Waals surface area contributed by atoms with Gasteiger partial charge in [-0.05, 0) is 36.4 Å². The number of ether oxygens (including phenoxy) is 1. The first-order valence-corrected chi connectivity index (χ1v) is 11.3. The van der Waals surface area contributed by atoms with Gasteiger partial charge < -0.3 is 20.7 Å². The summed E-state index contributed by atoms with van der Waals surface area (Å²) in [5, 5.41) is 8.52. The van der Waals surface area contributed by atoms with Crippen LogP contribution in [0, 0.1) is 5.92 Å². The topological polar surface area (TPSA) is 96.5 Å². The van der Waals surface area contributed by atoms with E-state index in [0.717, 1.165) is 11.1 Å². The second-order valence-corrected chi connectivity index (χ2v) is 8.38. The summed E-state index contributed by atoms with van der Waals surface area (Å²) < 4.78 is 5.94. The van der Waals surface area contributed by atoms with E-state index in [1.54, 1.807) is 24.3 Å². The highest BCUT2D eigenvalue weighted by molar-refractivity contribution is 5.96. The average Bonchev–Trinajstić information content (AvgIpc) is 2.85. The molecule has 0 saturated heterocycles. The van der Waals surface area contributed by atoms with Gasteiger partial charge >= 0.3 is 0 Å². The molecular weight excluding hydrogens is 430 g/mol. The lowest BCUT2D eigenvalue weighted by Crippen LogP contribution is -2.37. The van der Waals surface area contributed by atoms with Gasteiger partial charge in [-0.1, -0.05) is 50.2 Å². The van der Waals surface area contributed by atoms with E-state index in [9.17, 15) is 14.4 Å². The van der Waals surface area contributed by atoms with Crippen LogP contribution >= 0.6 is 0 Å². The molecule has 0 unspecified atom stereocenters. The first-order chi connectivity index (χ1) is 16.4. The van der Waals surface area contributed by atoms with E-state index in [2.05, 4.69) is 16.0 Å². The minimum absolute atomic E-state index is 0.0808. The Morgan fingerprint density at radius 1 is 0.794 bits per heavy atom. The molecule has 3 amide bonds. The minimum Gasteiger partial charge on any atom is -0.457 e. The summed E-state index contributed by atoms with van der Waals surface area (Å²) in [5.41, 5.74) is 2.74. The number of anilines is 1. The average molecular weight is 458 g/mol. The van der Waals surface area contributed by atoms with Crippen LogP contribution in [0.25, 0.3) is 0 Å². The molecule has 0 fully saturated rings. The highest BCUT2D eigenvalue weighted by atomic mass is 16.5. The predicted molar refractivity (Wildman–Crippen MR) is 130 cm³/mol. The maximum Gasteiger partial charge on any atom is 0.251 e. The molecule has 1 heterocycles. The number of benzene rings is 3. The standard InChI is InChI=1S/C27H27N3O4/c1-17(2)25(31)30-19-13-11-18(12-14-19)26(32)28-15-16-29-27(33)24-20-7-3-5-9-22(20)34-23-10-6-4-8-21(23)24/h3-14,17,24H,15-16H2,1-2H3,(H,28,32)(H,29,33)(H,30,31). The molecule has 0 radical (unpaired) electrons. The fraction of sp³-hybridized carbons (Fsp3) is 0.222. The Hall–Kier alpha value is -4.13. The second-order valence-electron chi connectivity index (χ2n) is 8.38. The minimum atomic E-state index is -0.481. The van der Waals surface area contributed by atoms with Gasteiger partial charge in [0.15, 0.2) is 0 Å². The van der Waals surface area contributed by atoms with Crippen LogP contribution in [0.5, 0.6) is 11.5 Å². The molecule has 0 aliphatic carbocycles. The molecule has 4 rings (SSSR count). The fourth-order valence-corrected chi connectivity index (χ4v) is 3.75. The van der Waals surface area contributed by atoms with E-state index in [4.69, 9.17) is 4.74 Å². The van der Waals surface area contributed by atoms with Gasteiger partial charge in [0.1, 0.15) is 11.5 Å². The molecule has 1 aliphatic rings. The van der Waals surface area contributed by atoms with Crippen molar-refractivity contribution in [1.29, 1.82) is 0 Å². The first-order valence-electron chi connectivity index (χ1n) is 11.3. The largest absolute Gasteiger partial charge is 0.457 e. The van der Waals surface area contributed by atoms with E-state index in [1.807, 2.05) is 62.4 Å². The summed E-state index contributed by atoms with van der Waals surface area (Å²) in [5.74, 6) is 0.250. The Kier molecular flexibility index (Phi) is 6.92. The lowest BCUT2D eigenvalue weighted by Gasteiger charge is -2.27. The molecule has 3 aromatic rings. The van der Waals surface area contributed by atoms with Crippen LogP contribution in [-0.2, 0) is 9.59 Å². The van der Waals surface area contributed by atoms with Crippen molar-refractivity contribution in [3.8, 4) is 11.5 Å². The fourth-order valence-electron chi connectivity index (χ4n) is 3.75. The van der Waals surface area contributed by atoms with Crippen LogP contribution in [0.4, 0.5) is 5.69 Å². The molecule has 34 heavy (non-hydrogen) atoms. The number of hydrogen-bond acceptors (Lipinski definition) is 4. The Morgan fingerprint density at radius 3 is 1.94 bits per heavy atom. The normalized spacial score (nSPS) is 12.2. The van der Waals surface area contributed by atoms with Gasteiger partial charge in [-0.15, -0.1) is 0 Å². The molecular formula is C27H27N3O4. The molecule has 1 aliphatic heterocycles. The summed E-state index contributed by atoms with van der Waals surface area (Å²) in [6.45, 7) is 4.20. The summed E-state index contributed by atoms with van der Waals surface area (Å²) >= 11 is 0. The second kappa shape index (κ2) is 10.2. The van der Waals surface area contributed by atoms with Crippen molar-refractivity contribution in [2.24, 2.45) is 5.92 Å². The maximum atomic E-state index is 13.1. The van der Waals surface area contributed by atoms with Crippen molar-refractivity contribution in [3.63, 3.8) is 0 Å². The zero-order valence-corrected chi connectivity index (χ0v) is 19.1. The third kappa shape index (κ3) is 5.09. The molecule has 0 aromatic heterocycles. The van der Waals surface area contributed by atoms with Crippen LogP contribution in [0.1, 0.15) is 41.3 Å². The van der Waals surface area contributed by atoms with Gasteiger partial charge in [-0.25, -0.2) is 0 Å². The Labute approximate surface area is 198 Å². The summed E-state index contributed by atoms with van der Waals surface area (Å²) in [4.78, 5) is 37.3. The van der Waals surface area contributed by atoms with E-state index in [1.165, 1.54) is 0 Å². The molecule has 0 atom stereocenters. The van der Waals surface area contributed by atoms with E-state index < -0.39 is 5.92 Å².